The Balaban J connectivity index is 1.49. The summed E-state index contributed by atoms with van der Waals surface area (Å²) in [5.74, 6) is -1.48. The number of nitrogens with zero attached hydrogens (tertiary/aromatic N) is 4. The molecule has 4 atom stereocenters. The Morgan fingerprint density at radius 2 is 1.78 bits per heavy atom. The van der Waals surface area contributed by atoms with Gasteiger partial charge in [0.15, 0.2) is 0 Å². The SMILES string of the molecule is CCc1cc(-c2ccc3c(c2)C(=O)N[C@@H](C(C)C)C(=O)N[C@H](C)C(=O)N2C[C@@H](O)C[C@H]2C(=O)NCCO3)nc(N2CCOCC2)n1. The molecule has 0 radical (unpaired) electrons. The van der Waals surface area contributed by atoms with Crippen molar-refractivity contribution in [1.29, 1.82) is 0 Å². The third-order valence-corrected chi connectivity index (χ3v) is 8.43. The number of aliphatic hydroxyl groups excluding tert-OH is 1. The van der Waals surface area contributed by atoms with Crippen molar-refractivity contribution < 1.29 is 33.8 Å². The van der Waals surface area contributed by atoms with Crippen LogP contribution in [0.15, 0.2) is 24.3 Å². The van der Waals surface area contributed by atoms with Gasteiger partial charge >= 0.3 is 0 Å². The quantitative estimate of drug-likeness (QED) is 0.364. The summed E-state index contributed by atoms with van der Waals surface area (Å²) in [4.78, 5) is 66.5. The molecule has 14 nitrogen and oxygen atoms in total. The molecule has 4 amide bonds. The fraction of sp³-hybridized carbons (Fsp3) is 0.562. The van der Waals surface area contributed by atoms with Crippen molar-refractivity contribution in [2.45, 2.75) is 64.8 Å². The van der Waals surface area contributed by atoms with Crippen molar-refractivity contribution in [3.8, 4) is 17.0 Å². The van der Waals surface area contributed by atoms with Crippen LogP contribution in [0.5, 0.6) is 5.75 Å². The number of nitrogens with one attached hydrogen (secondary N) is 3. The number of rotatable bonds is 4. The predicted molar refractivity (Wildman–Crippen MR) is 168 cm³/mol. The molecule has 14 heteroatoms. The zero-order chi connectivity index (χ0) is 33.0. The summed E-state index contributed by atoms with van der Waals surface area (Å²) in [5.41, 5.74) is 2.34. The molecule has 1 aromatic heterocycles. The lowest BCUT2D eigenvalue weighted by atomic mass is 10.0. The lowest BCUT2D eigenvalue weighted by molar-refractivity contribution is -0.141. The molecule has 248 valence electrons. The maximum atomic E-state index is 13.9. The van der Waals surface area contributed by atoms with Crippen LogP contribution in [0.3, 0.4) is 0 Å². The highest BCUT2D eigenvalue weighted by molar-refractivity contribution is 6.01. The number of carbonyl (C=O) groups excluding carboxylic acids is 4. The second-order valence-corrected chi connectivity index (χ2v) is 12.2. The first kappa shape index (κ1) is 33.1. The zero-order valence-electron chi connectivity index (χ0n) is 26.7. The van der Waals surface area contributed by atoms with Crippen molar-refractivity contribution in [2.24, 2.45) is 5.92 Å². The van der Waals surface area contributed by atoms with Gasteiger partial charge < -0.3 is 40.3 Å². The third-order valence-electron chi connectivity index (χ3n) is 8.43. The summed E-state index contributed by atoms with van der Waals surface area (Å²) in [6, 6.07) is 4.20. The van der Waals surface area contributed by atoms with E-state index in [4.69, 9.17) is 19.4 Å². The van der Waals surface area contributed by atoms with E-state index in [1.165, 1.54) is 11.8 Å². The van der Waals surface area contributed by atoms with Crippen LogP contribution < -0.4 is 25.6 Å². The summed E-state index contributed by atoms with van der Waals surface area (Å²) in [6.07, 6.45) is -0.0830. The number of aryl methyl sites for hydroxylation is 1. The van der Waals surface area contributed by atoms with Crippen LogP contribution >= 0.6 is 0 Å². The molecule has 2 fully saturated rings. The van der Waals surface area contributed by atoms with Gasteiger partial charge in [-0.05, 0) is 43.5 Å². The number of benzene rings is 1. The molecule has 0 saturated carbocycles. The van der Waals surface area contributed by atoms with Gasteiger partial charge in [0.05, 0.1) is 37.1 Å². The molecule has 0 spiro atoms. The van der Waals surface area contributed by atoms with Crippen molar-refractivity contribution in [2.75, 3.05) is 50.9 Å². The summed E-state index contributed by atoms with van der Waals surface area (Å²) in [7, 11) is 0. The van der Waals surface area contributed by atoms with E-state index >= 15 is 0 Å². The third kappa shape index (κ3) is 7.39. The minimum absolute atomic E-state index is 0.0201. The molecule has 2 saturated heterocycles. The fourth-order valence-corrected chi connectivity index (χ4v) is 5.84. The first-order valence-electron chi connectivity index (χ1n) is 15.9. The minimum atomic E-state index is -0.993. The molecule has 4 heterocycles. The molecular formula is C32H43N7O7. The van der Waals surface area contributed by atoms with Crippen molar-refractivity contribution >= 4 is 29.6 Å². The maximum Gasteiger partial charge on any atom is 0.255 e. The molecule has 0 bridgehead atoms. The molecule has 0 unspecified atom stereocenters. The normalized spacial score (nSPS) is 24.9. The number of fused-ring (bicyclic) bond motifs is 2. The summed E-state index contributed by atoms with van der Waals surface area (Å²) >= 11 is 0. The smallest absolute Gasteiger partial charge is 0.255 e. The van der Waals surface area contributed by atoms with Gasteiger partial charge in [0.1, 0.15) is 30.5 Å². The molecule has 0 aliphatic carbocycles. The number of aliphatic hydroxyl groups is 1. The minimum Gasteiger partial charge on any atom is -0.491 e. The van der Waals surface area contributed by atoms with Crippen molar-refractivity contribution in [3.63, 3.8) is 0 Å². The van der Waals surface area contributed by atoms with E-state index < -0.39 is 47.9 Å². The molecule has 46 heavy (non-hydrogen) atoms. The van der Waals surface area contributed by atoms with Crippen LogP contribution in [0.1, 0.15) is 50.2 Å². The van der Waals surface area contributed by atoms with Gasteiger partial charge in [-0.1, -0.05) is 20.8 Å². The highest BCUT2D eigenvalue weighted by atomic mass is 16.5. The Kier molecular flexibility index (Phi) is 10.4. The second kappa shape index (κ2) is 14.4. The highest BCUT2D eigenvalue weighted by Gasteiger charge is 2.41. The van der Waals surface area contributed by atoms with E-state index in [1.54, 1.807) is 26.0 Å². The van der Waals surface area contributed by atoms with Gasteiger partial charge in [-0.15, -0.1) is 0 Å². The Morgan fingerprint density at radius 1 is 1.02 bits per heavy atom. The van der Waals surface area contributed by atoms with E-state index in [1.807, 2.05) is 19.1 Å². The van der Waals surface area contributed by atoms with E-state index in [-0.39, 0.29) is 43.3 Å². The number of amides is 4. The number of ether oxygens (including phenoxy) is 2. The lowest BCUT2D eigenvalue weighted by Crippen LogP contribution is -2.57. The van der Waals surface area contributed by atoms with Crippen molar-refractivity contribution in [3.05, 3.63) is 35.5 Å². The van der Waals surface area contributed by atoms with E-state index in [0.717, 1.165) is 5.69 Å². The predicted octanol–water partition coefficient (Wildman–Crippen LogP) is 0.272. The Bertz CT molecular complexity index is 1460. The average molecular weight is 638 g/mol. The van der Waals surface area contributed by atoms with Crippen LogP contribution in [-0.4, -0.2) is 114 Å². The highest BCUT2D eigenvalue weighted by Crippen LogP contribution is 2.28. The van der Waals surface area contributed by atoms with Gasteiger partial charge in [0, 0.05) is 37.3 Å². The molecule has 4 N–H and O–H groups in total. The monoisotopic (exact) mass is 637 g/mol. The zero-order valence-corrected chi connectivity index (χ0v) is 26.7. The molecular weight excluding hydrogens is 594 g/mol. The van der Waals surface area contributed by atoms with E-state index in [9.17, 15) is 24.3 Å². The van der Waals surface area contributed by atoms with Gasteiger partial charge in [-0.3, -0.25) is 19.2 Å². The molecule has 1 aromatic carbocycles. The number of anilines is 1. The first-order chi connectivity index (χ1) is 22.0. The molecule has 2 aromatic rings. The number of hydrogen-bond donors (Lipinski definition) is 4. The summed E-state index contributed by atoms with van der Waals surface area (Å²) in [6.45, 7) is 9.76. The second-order valence-electron chi connectivity index (χ2n) is 12.2. The maximum absolute atomic E-state index is 13.9. The van der Waals surface area contributed by atoms with Gasteiger partial charge in [0.2, 0.25) is 23.7 Å². The van der Waals surface area contributed by atoms with E-state index in [2.05, 4.69) is 20.9 Å². The summed E-state index contributed by atoms with van der Waals surface area (Å²) < 4.78 is 11.5. The van der Waals surface area contributed by atoms with E-state index in [0.29, 0.717) is 49.9 Å². The largest absolute Gasteiger partial charge is 0.491 e. The van der Waals surface area contributed by atoms with Crippen molar-refractivity contribution in [1.82, 2.24) is 30.8 Å². The number of hydrogen-bond acceptors (Lipinski definition) is 10. The first-order valence-corrected chi connectivity index (χ1v) is 15.9. The molecule has 5 rings (SSSR count). The summed E-state index contributed by atoms with van der Waals surface area (Å²) in [5, 5.41) is 18.6. The Morgan fingerprint density at radius 3 is 2.50 bits per heavy atom. The van der Waals surface area contributed by atoms with Crippen LogP contribution in [0.4, 0.5) is 5.95 Å². The number of morpholine rings is 1. The van der Waals surface area contributed by atoms with Gasteiger partial charge in [0.25, 0.3) is 5.91 Å². The average Bonchev–Trinajstić information content (AvgIpc) is 3.46. The molecule has 3 aliphatic rings. The van der Waals surface area contributed by atoms with Crippen LogP contribution in [0.2, 0.25) is 0 Å². The lowest BCUT2D eigenvalue weighted by Gasteiger charge is -2.29. The van der Waals surface area contributed by atoms with Gasteiger partial charge in [-0.25, -0.2) is 9.97 Å². The van der Waals surface area contributed by atoms with Crippen LogP contribution in [0, 0.1) is 5.92 Å². The number of carbonyl (C=O) groups is 4. The fourth-order valence-electron chi connectivity index (χ4n) is 5.84. The molecule has 3 aliphatic heterocycles. The Hall–Kier alpha value is -4.30. The topological polar surface area (TPSA) is 175 Å². The standard InChI is InChI=1S/C32H43N7O7/c1-5-21-15-24(36-32(35-21)38-9-12-45-13-10-38)20-6-7-26-23(14-20)28(41)37-27(18(2)3)30(43)34-19(4)31(44)39-17-22(40)16-25(39)29(42)33-8-11-46-26/h6-7,14-15,18-19,22,25,27,40H,5,8-13,16-17H2,1-4H3,(H,33,42)(H,34,43)(H,37,41)/t19-,22+,25+,27+/m1/s1. The number of aromatic nitrogens is 2. The Labute approximate surface area is 268 Å². The van der Waals surface area contributed by atoms with Gasteiger partial charge in [-0.2, -0.15) is 0 Å². The van der Waals surface area contributed by atoms with Crippen LogP contribution in [0.25, 0.3) is 11.3 Å². The van der Waals surface area contributed by atoms with Crippen LogP contribution in [-0.2, 0) is 25.5 Å².